The van der Waals surface area contributed by atoms with E-state index in [1.54, 1.807) is 31.8 Å². The van der Waals surface area contributed by atoms with E-state index < -0.39 is 17.7 Å². The lowest BCUT2D eigenvalue weighted by atomic mass is 9.89. The average molecular weight is 512 g/mol. The Kier molecular flexibility index (Phi) is 7.32. The van der Waals surface area contributed by atoms with Crippen LogP contribution in [0.1, 0.15) is 41.9 Å². The van der Waals surface area contributed by atoms with Gasteiger partial charge in [-0.25, -0.2) is 19.5 Å². The normalized spacial score (nSPS) is 19.9. The Morgan fingerprint density at radius 2 is 1.92 bits per heavy atom. The first-order chi connectivity index (χ1) is 17.6. The maximum Gasteiger partial charge on any atom is 0.339 e. The van der Waals surface area contributed by atoms with Crippen molar-refractivity contribution in [3.8, 4) is 5.75 Å². The number of amides is 3. The number of hydrogen-bond acceptors (Lipinski definition) is 8. The number of carboxylic acids is 1. The van der Waals surface area contributed by atoms with E-state index >= 15 is 0 Å². The Morgan fingerprint density at radius 1 is 1.22 bits per heavy atom. The molecule has 0 aliphatic carbocycles. The summed E-state index contributed by atoms with van der Waals surface area (Å²) in [6, 6.07) is 3.64. The van der Waals surface area contributed by atoms with Crippen molar-refractivity contribution in [3.05, 3.63) is 35.0 Å². The minimum Gasteiger partial charge on any atom is -0.490 e. The van der Waals surface area contributed by atoms with E-state index in [1.807, 2.05) is 14.0 Å². The minimum absolute atomic E-state index is 0.0213. The van der Waals surface area contributed by atoms with Gasteiger partial charge < -0.3 is 20.1 Å². The van der Waals surface area contributed by atoms with Crippen LogP contribution in [0.15, 0.2) is 23.2 Å². The van der Waals surface area contributed by atoms with E-state index in [2.05, 4.69) is 25.2 Å². The number of anilines is 1. The van der Waals surface area contributed by atoms with E-state index in [-0.39, 0.29) is 17.4 Å². The van der Waals surface area contributed by atoms with Crippen molar-refractivity contribution in [2.45, 2.75) is 39.0 Å². The number of nitrogens with one attached hydrogen (secondary N) is 1. The molecule has 0 radical (unpaired) electrons. The Labute approximate surface area is 215 Å². The number of nitrogens with zero attached hydrogens (tertiary/aromatic N) is 6. The summed E-state index contributed by atoms with van der Waals surface area (Å²) in [5, 5.41) is 16.8. The van der Waals surface area contributed by atoms with E-state index in [0.717, 1.165) is 13.1 Å². The molecular weight excluding hydrogens is 478 g/mol. The molecule has 3 amide bonds. The Hall–Kier alpha value is -3.77. The number of aromatic nitrogens is 2. The van der Waals surface area contributed by atoms with Crippen LogP contribution < -0.4 is 10.1 Å². The van der Waals surface area contributed by atoms with Crippen molar-refractivity contribution >= 4 is 36.1 Å². The molecule has 0 saturated carbocycles. The van der Waals surface area contributed by atoms with Crippen molar-refractivity contribution in [1.29, 1.82) is 0 Å². The van der Waals surface area contributed by atoms with Gasteiger partial charge in [0.1, 0.15) is 17.0 Å². The fraction of sp³-hybridized carbons (Fsp3) is 0.480. The van der Waals surface area contributed by atoms with Gasteiger partial charge in [0.05, 0.1) is 17.4 Å². The zero-order chi connectivity index (χ0) is 26.9. The van der Waals surface area contributed by atoms with E-state index in [9.17, 15) is 19.5 Å². The lowest BCUT2D eigenvalue weighted by molar-refractivity contribution is -0.130. The van der Waals surface area contributed by atoms with Gasteiger partial charge in [0.25, 0.3) is 0 Å². The topological polar surface area (TPSA) is 133 Å². The molecule has 4 rings (SSSR count). The minimum atomic E-state index is -1.14. The molecule has 2 aromatic rings. The van der Waals surface area contributed by atoms with Crippen molar-refractivity contribution in [2.24, 2.45) is 12.0 Å². The van der Waals surface area contributed by atoms with E-state index in [0.29, 0.717) is 48.7 Å². The standard InChI is InChI=1S/C25H33N7O5/c1-16(2)37-20-14-18(6-7-19(20)23(34)35)27-24(36)32(15-33)25(31-12-10-29(4)11-13-31)8-9-26-22-21(25)17(3)28-30(22)5/h6-7,9,14-16H,8,10-13H2,1-5H3,(H,27,36)(H,34,35). The highest BCUT2D eigenvalue weighted by Gasteiger charge is 2.51. The third kappa shape index (κ3) is 4.81. The molecule has 3 heterocycles. The maximum absolute atomic E-state index is 13.8. The molecule has 198 valence electrons. The van der Waals surface area contributed by atoms with Crippen LogP contribution in [0.3, 0.4) is 0 Å². The van der Waals surface area contributed by atoms with Gasteiger partial charge in [0, 0.05) is 57.6 Å². The molecule has 2 aliphatic heterocycles. The van der Waals surface area contributed by atoms with Crippen LogP contribution in [0.4, 0.5) is 16.3 Å². The number of urea groups is 1. The van der Waals surface area contributed by atoms with Crippen LogP contribution in [0.5, 0.6) is 5.75 Å². The molecule has 12 nitrogen and oxygen atoms in total. The van der Waals surface area contributed by atoms with Crippen molar-refractivity contribution < 1.29 is 24.2 Å². The first-order valence-corrected chi connectivity index (χ1v) is 12.2. The highest BCUT2D eigenvalue weighted by molar-refractivity contribution is 5.98. The van der Waals surface area contributed by atoms with Gasteiger partial charge in [-0.15, -0.1) is 0 Å². The highest BCUT2D eigenvalue weighted by atomic mass is 16.5. The molecule has 1 aromatic carbocycles. The molecule has 1 atom stereocenters. The monoisotopic (exact) mass is 511 g/mol. The van der Waals surface area contributed by atoms with Crippen LogP contribution in [0.25, 0.3) is 0 Å². The number of carboxylic acid groups (broad SMARTS) is 1. The number of imide groups is 1. The van der Waals surface area contributed by atoms with Crippen molar-refractivity contribution in [2.75, 3.05) is 38.5 Å². The summed E-state index contributed by atoms with van der Waals surface area (Å²) in [5.74, 6) is -0.416. The molecule has 0 spiro atoms. The van der Waals surface area contributed by atoms with Crippen molar-refractivity contribution in [3.63, 3.8) is 0 Å². The van der Waals surface area contributed by atoms with Gasteiger partial charge in [-0.3, -0.25) is 14.4 Å². The van der Waals surface area contributed by atoms with Crippen LogP contribution in [0.2, 0.25) is 0 Å². The largest absolute Gasteiger partial charge is 0.490 e. The molecule has 2 aliphatic rings. The molecule has 1 aromatic heterocycles. The summed E-state index contributed by atoms with van der Waals surface area (Å²) >= 11 is 0. The fourth-order valence-electron chi connectivity index (χ4n) is 5.07. The Bertz CT molecular complexity index is 1230. The molecular formula is C25H33N7O5. The summed E-state index contributed by atoms with van der Waals surface area (Å²) in [6.45, 7) is 8.23. The maximum atomic E-state index is 13.8. The van der Waals surface area contributed by atoms with Crippen LogP contribution in [-0.2, 0) is 17.5 Å². The summed E-state index contributed by atoms with van der Waals surface area (Å²) in [7, 11) is 3.82. The highest BCUT2D eigenvalue weighted by Crippen LogP contribution is 2.45. The number of aliphatic imine (C=N–C) groups is 1. The number of carbonyl (C=O) groups excluding carboxylic acids is 2. The number of carbonyl (C=O) groups is 3. The number of benzene rings is 1. The smallest absolute Gasteiger partial charge is 0.339 e. The molecule has 12 heteroatoms. The third-order valence-corrected chi connectivity index (χ3v) is 6.76. The number of aromatic carboxylic acids is 1. The van der Waals surface area contributed by atoms with Gasteiger partial charge in [-0.1, -0.05) is 0 Å². The van der Waals surface area contributed by atoms with E-state index in [1.165, 1.54) is 23.1 Å². The van der Waals surface area contributed by atoms with Crippen molar-refractivity contribution in [1.82, 2.24) is 24.5 Å². The molecule has 1 unspecified atom stereocenters. The zero-order valence-electron chi connectivity index (χ0n) is 21.8. The SMILES string of the molecule is Cc1nn(C)c2c1C(N1CCN(C)CC1)(N(C=O)C(=O)Nc1ccc(C(=O)O)c(OC(C)C)c1)CC=N2. The summed E-state index contributed by atoms with van der Waals surface area (Å²) in [5.41, 5.74) is 0.562. The molecule has 2 N–H and O–H groups in total. The number of ether oxygens (including phenoxy) is 1. The summed E-state index contributed by atoms with van der Waals surface area (Å²) in [4.78, 5) is 48.1. The Morgan fingerprint density at radius 3 is 2.54 bits per heavy atom. The van der Waals surface area contributed by atoms with E-state index in [4.69, 9.17) is 4.74 Å². The lowest BCUT2D eigenvalue weighted by Gasteiger charge is -2.51. The number of aryl methyl sites for hydroxylation is 2. The van der Waals surface area contributed by atoms with Gasteiger partial charge in [0.15, 0.2) is 5.82 Å². The average Bonchev–Trinajstić information content (AvgIpc) is 3.13. The van der Waals surface area contributed by atoms with Gasteiger partial charge in [-0.2, -0.15) is 5.10 Å². The number of hydrogen-bond donors (Lipinski definition) is 2. The number of likely N-dealkylation sites (N-methyl/N-ethyl adjacent to an activating group) is 1. The second-order valence-corrected chi connectivity index (χ2v) is 9.62. The number of fused-ring (bicyclic) bond motifs is 1. The fourth-order valence-corrected chi connectivity index (χ4v) is 5.07. The second-order valence-electron chi connectivity index (χ2n) is 9.62. The number of piperazine rings is 1. The number of rotatable bonds is 7. The molecule has 37 heavy (non-hydrogen) atoms. The first kappa shape index (κ1) is 26.3. The third-order valence-electron chi connectivity index (χ3n) is 6.76. The predicted molar refractivity (Wildman–Crippen MR) is 138 cm³/mol. The van der Waals surface area contributed by atoms with Crippen LogP contribution >= 0.6 is 0 Å². The Balaban J connectivity index is 1.75. The molecule has 0 bridgehead atoms. The molecule has 1 fully saturated rings. The first-order valence-electron chi connectivity index (χ1n) is 12.2. The van der Waals surface area contributed by atoms with Crippen LogP contribution in [0, 0.1) is 6.92 Å². The lowest BCUT2D eigenvalue weighted by Crippen LogP contribution is -2.64. The second kappa shape index (κ2) is 10.3. The van der Waals surface area contributed by atoms with Gasteiger partial charge >= 0.3 is 12.0 Å². The molecule has 1 saturated heterocycles. The van der Waals surface area contributed by atoms with Crippen LogP contribution in [-0.4, -0.2) is 93.5 Å². The predicted octanol–water partition coefficient (Wildman–Crippen LogP) is 2.41. The van der Waals surface area contributed by atoms with Gasteiger partial charge in [0.2, 0.25) is 6.41 Å². The summed E-state index contributed by atoms with van der Waals surface area (Å²) in [6.07, 6.45) is 2.30. The quantitative estimate of drug-likeness (QED) is 0.542. The zero-order valence-corrected chi connectivity index (χ0v) is 21.8. The summed E-state index contributed by atoms with van der Waals surface area (Å²) < 4.78 is 7.32. The van der Waals surface area contributed by atoms with Gasteiger partial charge in [-0.05, 0) is 40.0 Å².